The Morgan fingerprint density at radius 3 is 2.23 bits per heavy atom. The van der Waals surface area contributed by atoms with E-state index in [2.05, 4.69) is 20.8 Å². The fourth-order valence-corrected chi connectivity index (χ4v) is 1.92. The average molecular weight is 185 g/mol. The monoisotopic (exact) mass is 185 g/mol. The van der Waals surface area contributed by atoms with E-state index in [0.717, 1.165) is 19.6 Å². The Hall–Kier alpha value is -0.0800. The molecular weight excluding hydrogens is 162 g/mol. The van der Waals surface area contributed by atoms with E-state index >= 15 is 0 Å². The number of nitrogens with two attached hydrogens (primary N) is 1. The van der Waals surface area contributed by atoms with Gasteiger partial charge in [0, 0.05) is 11.0 Å². The molecule has 0 aromatic carbocycles. The summed E-state index contributed by atoms with van der Waals surface area (Å²) in [7, 11) is 0. The maximum atomic E-state index is 5.98. The van der Waals surface area contributed by atoms with Gasteiger partial charge in [0.2, 0.25) is 0 Å². The third-order valence-corrected chi connectivity index (χ3v) is 2.90. The van der Waals surface area contributed by atoms with E-state index in [0.29, 0.717) is 5.41 Å². The highest BCUT2D eigenvalue weighted by Gasteiger charge is 2.37. The van der Waals surface area contributed by atoms with Gasteiger partial charge >= 0.3 is 0 Å². The second-order valence-electron chi connectivity index (χ2n) is 5.23. The molecule has 78 valence electrons. The number of hydrogen-bond acceptors (Lipinski definition) is 2. The van der Waals surface area contributed by atoms with Crippen LogP contribution in [0.4, 0.5) is 0 Å². The molecule has 0 amide bonds. The van der Waals surface area contributed by atoms with Gasteiger partial charge in [-0.1, -0.05) is 13.3 Å². The molecule has 0 aromatic heterocycles. The molecule has 1 aliphatic heterocycles. The summed E-state index contributed by atoms with van der Waals surface area (Å²) in [4.78, 5) is 0. The summed E-state index contributed by atoms with van der Waals surface area (Å²) in [5, 5.41) is 0. The van der Waals surface area contributed by atoms with Crippen LogP contribution in [0.3, 0.4) is 0 Å². The fourth-order valence-electron chi connectivity index (χ4n) is 1.92. The van der Waals surface area contributed by atoms with Gasteiger partial charge in [-0.2, -0.15) is 0 Å². The Labute approximate surface area is 81.8 Å². The lowest BCUT2D eigenvalue weighted by Crippen LogP contribution is -2.44. The molecule has 0 bridgehead atoms. The summed E-state index contributed by atoms with van der Waals surface area (Å²) in [6.45, 7) is 8.36. The van der Waals surface area contributed by atoms with Crippen molar-refractivity contribution in [3.05, 3.63) is 0 Å². The summed E-state index contributed by atoms with van der Waals surface area (Å²) >= 11 is 0. The minimum Gasteiger partial charge on any atom is -0.380 e. The molecule has 0 unspecified atom stereocenters. The Morgan fingerprint density at radius 2 is 1.92 bits per heavy atom. The van der Waals surface area contributed by atoms with Crippen molar-refractivity contribution in [2.24, 2.45) is 11.1 Å². The molecule has 0 aromatic rings. The molecule has 0 spiro atoms. The van der Waals surface area contributed by atoms with Gasteiger partial charge in [0.05, 0.1) is 13.2 Å². The third-order valence-electron chi connectivity index (χ3n) is 2.90. The van der Waals surface area contributed by atoms with Crippen molar-refractivity contribution in [2.45, 2.75) is 52.0 Å². The smallest absolute Gasteiger partial charge is 0.0544 e. The molecule has 0 aliphatic carbocycles. The lowest BCUT2D eigenvalue weighted by atomic mass is 9.75. The zero-order valence-electron chi connectivity index (χ0n) is 9.23. The van der Waals surface area contributed by atoms with Gasteiger partial charge in [-0.15, -0.1) is 0 Å². The van der Waals surface area contributed by atoms with Crippen molar-refractivity contribution in [1.29, 1.82) is 0 Å². The second-order valence-corrected chi connectivity index (χ2v) is 5.23. The first-order chi connectivity index (χ1) is 5.97. The average Bonchev–Trinajstić information content (AvgIpc) is 1.92. The van der Waals surface area contributed by atoms with Crippen LogP contribution in [0.1, 0.15) is 46.5 Å². The predicted octanol–water partition coefficient (Wildman–Crippen LogP) is 2.32. The van der Waals surface area contributed by atoms with Gasteiger partial charge in [0.15, 0.2) is 0 Å². The SMILES string of the molecule is CCCC1(CCC(C)(C)N)COC1. The quantitative estimate of drug-likeness (QED) is 0.713. The highest BCUT2D eigenvalue weighted by molar-refractivity contribution is 4.88. The van der Waals surface area contributed by atoms with Gasteiger partial charge in [-0.3, -0.25) is 0 Å². The first-order valence-electron chi connectivity index (χ1n) is 5.34. The van der Waals surface area contributed by atoms with Crippen LogP contribution in [0.2, 0.25) is 0 Å². The maximum absolute atomic E-state index is 5.98. The first-order valence-corrected chi connectivity index (χ1v) is 5.34. The zero-order valence-corrected chi connectivity index (χ0v) is 9.23. The Balaban J connectivity index is 2.32. The molecule has 13 heavy (non-hydrogen) atoms. The van der Waals surface area contributed by atoms with E-state index in [9.17, 15) is 0 Å². The summed E-state index contributed by atoms with van der Waals surface area (Å²) in [5.74, 6) is 0. The van der Waals surface area contributed by atoms with E-state index in [4.69, 9.17) is 10.5 Å². The molecule has 1 rings (SSSR count). The summed E-state index contributed by atoms with van der Waals surface area (Å²) in [5.41, 5.74) is 6.44. The van der Waals surface area contributed by atoms with Gasteiger partial charge in [0.25, 0.3) is 0 Å². The molecule has 2 N–H and O–H groups in total. The standard InChI is InChI=1S/C11H23NO/c1-4-5-11(8-13-9-11)7-6-10(2,3)12/h4-9,12H2,1-3H3. The molecule has 1 saturated heterocycles. The van der Waals surface area contributed by atoms with Crippen LogP contribution in [-0.2, 0) is 4.74 Å². The molecule has 1 aliphatic rings. The van der Waals surface area contributed by atoms with Crippen molar-refractivity contribution >= 4 is 0 Å². The molecule has 0 atom stereocenters. The topological polar surface area (TPSA) is 35.2 Å². The van der Waals surface area contributed by atoms with E-state index in [1.54, 1.807) is 0 Å². The van der Waals surface area contributed by atoms with Gasteiger partial charge in [-0.25, -0.2) is 0 Å². The second kappa shape index (κ2) is 3.97. The van der Waals surface area contributed by atoms with Crippen molar-refractivity contribution in [3.8, 4) is 0 Å². The van der Waals surface area contributed by atoms with Gasteiger partial charge in [0.1, 0.15) is 0 Å². The lowest BCUT2D eigenvalue weighted by Gasteiger charge is -2.43. The van der Waals surface area contributed by atoms with Crippen LogP contribution in [0.15, 0.2) is 0 Å². The Morgan fingerprint density at radius 1 is 1.31 bits per heavy atom. The predicted molar refractivity (Wildman–Crippen MR) is 55.7 cm³/mol. The third kappa shape index (κ3) is 3.28. The zero-order chi connectivity index (χ0) is 9.95. The van der Waals surface area contributed by atoms with E-state index < -0.39 is 0 Å². The van der Waals surface area contributed by atoms with Crippen molar-refractivity contribution in [3.63, 3.8) is 0 Å². The van der Waals surface area contributed by atoms with Gasteiger partial charge < -0.3 is 10.5 Å². The first kappa shape index (κ1) is 11.0. The summed E-state index contributed by atoms with van der Waals surface area (Å²) in [6, 6.07) is 0. The molecule has 0 saturated carbocycles. The van der Waals surface area contributed by atoms with E-state index in [1.165, 1.54) is 19.3 Å². The van der Waals surface area contributed by atoms with Crippen LogP contribution < -0.4 is 5.73 Å². The minimum atomic E-state index is -0.0175. The molecule has 1 fully saturated rings. The van der Waals surface area contributed by atoms with Crippen LogP contribution in [0, 0.1) is 5.41 Å². The molecule has 2 nitrogen and oxygen atoms in total. The Kier molecular flexibility index (Phi) is 3.36. The molecule has 1 heterocycles. The fraction of sp³-hybridized carbons (Fsp3) is 1.00. The number of ether oxygens (including phenoxy) is 1. The summed E-state index contributed by atoms with van der Waals surface area (Å²) < 4.78 is 5.32. The highest BCUT2D eigenvalue weighted by Crippen LogP contribution is 2.38. The largest absolute Gasteiger partial charge is 0.380 e. The highest BCUT2D eigenvalue weighted by atomic mass is 16.5. The molecule has 2 heteroatoms. The number of rotatable bonds is 5. The van der Waals surface area contributed by atoms with E-state index in [1.807, 2.05) is 0 Å². The van der Waals surface area contributed by atoms with Crippen LogP contribution in [-0.4, -0.2) is 18.8 Å². The molecular formula is C11H23NO. The van der Waals surface area contributed by atoms with E-state index in [-0.39, 0.29) is 5.54 Å². The van der Waals surface area contributed by atoms with Gasteiger partial charge in [-0.05, 0) is 33.1 Å². The Bertz CT molecular complexity index is 156. The van der Waals surface area contributed by atoms with Crippen molar-refractivity contribution in [2.75, 3.05) is 13.2 Å². The van der Waals surface area contributed by atoms with Crippen LogP contribution >= 0.6 is 0 Å². The minimum absolute atomic E-state index is 0.0175. The van der Waals surface area contributed by atoms with Crippen molar-refractivity contribution < 1.29 is 4.74 Å². The summed E-state index contributed by atoms with van der Waals surface area (Å²) in [6.07, 6.45) is 4.89. The lowest BCUT2D eigenvalue weighted by molar-refractivity contribution is -0.124. The normalized spacial score (nSPS) is 21.2. The van der Waals surface area contributed by atoms with Crippen LogP contribution in [0.5, 0.6) is 0 Å². The maximum Gasteiger partial charge on any atom is 0.0544 e. The molecule has 0 radical (unpaired) electrons. The number of hydrogen-bond donors (Lipinski definition) is 1. The van der Waals surface area contributed by atoms with Crippen LogP contribution in [0.25, 0.3) is 0 Å². The van der Waals surface area contributed by atoms with Crippen molar-refractivity contribution in [1.82, 2.24) is 0 Å².